The Morgan fingerprint density at radius 2 is 0.527 bits per heavy atom. The van der Waals surface area contributed by atoms with Crippen LogP contribution in [0.15, 0.2) is 85.1 Å². The molecule has 0 heterocycles. The van der Waals surface area contributed by atoms with Gasteiger partial charge in [0.1, 0.15) is 13.2 Å². The van der Waals surface area contributed by atoms with Crippen molar-refractivity contribution in [2.24, 2.45) is 0 Å². The van der Waals surface area contributed by atoms with Crippen LogP contribution in [0.5, 0.6) is 0 Å². The van der Waals surface area contributed by atoms with E-state index in [1.54, 1.807) is 0 Å². The number of allylic oxidation sites excluding steroid dienone is 14. The van der Waals surface area contributed by atoms with Crippen LogP contribution in [-0.4, -0.2) is 37.2 Å². The van der Waals surface area contributed by atoms with E-state index in [-0.39, 0.29) is 31.1 Å². The van der Waals surface area contributed by atoms with Crippen LogP contribution in [-0.2, 0) is 28.6 Å². The smallest absolute Gasteiger partial charge is 0.306 e. The van der Waals surface area contributed by atoms with Crippen molar-refractivity contribution in [3.63, 3.8) is 0 Å². The molecule has 0 radical (unpaired) electrons. The molecule has 0 saturated heterocycles. The standard InChI is InChI=1S/C68H118O6/c1-4-7-10-13-16-19-21-23-24-25-26-27-28-29-30-31-32-33-34-35-36-37-38-39-40-41-42-43-44-45-47-49-52-55-58-61-67(70)73-64-65(63-72-66(69)60-57-54-51-48-18-15-12-9-6-3)74-68(71)62-59-56-53-50-46-22-20-17-14-11-8-5-2/h7,10,16-17,19-20,23-24,26-27,29-30,32-33,65H,4-6,8-9,11-15,18,21-22,25,28,31,34-64H2,1-3H3/b10-7-,19-16-,20-17-,24-23-,27-26-,30-29-,33-32-. The Bertz CT molecular complexity index is 1420. The maximum atomic E-state index is 12.8. The van der Waals surface area contributed by atoms with Gasteiger partial charge in [-0.1, -0.05) is 279 Å². The van der Waals surface area contributed by atoms with Crippen molar-refractivity contribution < 1.29 is 28.6 Å². The molecule has 0 rings (SSSR count). The Hall–Kier alpha value is -3.41. The molecule has 0 saturated carbocycles. The minimum Gasteiger partial charge on any atom is -0.462 e. The average Bonchev–Trinajstić information content (AvgIpc) is 3.40. The number of carbonyl (C=O) groups excluding carboxylic acids is 3. The highest BCUT2D eigenvalue weighted by molar-refractivity contribution is 5.71. The topological polar surface area (TPSA) is 78.9 Å². The minimum absolute atomic E-state index is 0.0748. The third-order valence-corrected chi connectivity index (χ3v) is 13.6. The molecule has 1 unspecified atom stereocenters. The molecule has 0 aromatic heterocycles. The lowest BCUT2D eigenvalue weighted by Crippen LogP contribution is -2.30. The minimum atomic E-state index is -0.775. The number of rotatable bonds is 57. The van der Waals surface area contributed by atoms with E-state index < -0.39 is 6.10 Å². The number of ether oxygens (including phenoxy) is 3. The van der Waals surface area contributed by atoms with E-state index in [0.717, 1.165) is 109 Å². The van der Waals surface area contributed by atoms with Gasteiger partial charge in [0.25, 0.3) is 0 Å². The van der Waals surface area contributed by atoms with Gasteiger partial charge in [-0.05, 0) is 96.3 Å². The fraction of sp³-hybridized carbons (Fsp3) is 0.750. The van der Waals surface area contributed by atoms with Crippen LogP contribution in [0, 0.1) is 0 Å². The molecule has 426 valence electrons. The summed E-state index contributed by atoms with van der Waals surface area (Å²) in [6.45, 7) is 6.49. The molecule has 6 nitrogen and oxygen atoms in total. The predicted molar refractivity (Wildman–Crippen MR) is 321 cm³/mol. The lowest BCUT2D eigenvalue weighted by molar-refractivity contribution is -0.167. The van der Waals surface area contributed by atoms with Gasteiger partial charge in [-0.15, -0.1) is 0 Å². The van der Waals surface area contributed by atoms with Crippen LogP contribution in [0.25, 0.3) is 0 Å². The van der Waals surface area contributed by atoms with Crippen molar-refractivity contribution in [1.29, 1.82) is 0 Å². The van der Waals surface area contributed by atoms with Crippen molar-refractivity contribution in [1.82, 2.24) is 0 Å². The van der Waals surface area contributed by atoms with Gasteiger partial charge in [-0.25, -0.2) is 0 Å². The molecule has 0 N–H and O–H groups in total. The van der Waals surface area contributed by atoms with Crippen molar-refractivity contribution in [3.8, 4) is 0 Å². The van der Waals surface area contributed by atoms with E-state index in [0.29, 0.717) is 19.3 Å². The highest BCUT2D eigenvalue weighted by Crippen LogP contribution is 2.16. The summed E-state index contributed by atoms with van der Waals surface area (Å²) in [5, 5.41) is 0. The molecular weight excluding hydrogens is 913 g/mol. The van der Waals surface area contributed by atoms with E-state index >= 15 is 0 Å². The third-order valence-electron chi connectivity index (χ3n) is 13.6. The molecule has 1 atom stereocenters. The first-order chi connectivity index (χ1) is 36.5. The molecule has 0 aromatic rings. The lowest BCUT2D eigenvalue weighted by atomic mass is 10.0. The van der Waals surface area contributed by atoms with E-state index in [4.69, 9.17) is 14.2 Å². The van der Waals surface area contributed by atoms with Gasteiger partial charge in [-0.2, -0.15) is 0 Å². The van der Waals surface area contributed by atoms with Gasteiger partial charge in [-0.3, -0.25) is 14.4 Å². The quantitative estimate of drug-likeness (QED) is 0.0261. The van der Waals surface area contributed by atoms with E-state index in [1.165, 1.54) is 161 Å². The average molecular weight is 1030 g/mol. The zero-order valence-electron chi connectivity index (χ0n) is 48.8. The number of hydrogen-bond donors (Lipinski definition) is 0. The molecule has 0 fully saturated rings. The monoisotopic (exact) mass is 1030 g/mol. The second-order valence-electron chi connectivity index (χ2n) is 20.9. The first kappa shape index (κ1) is 70.6. The molecule has 0 aliphatic heterocycles. The molecule has 74 heavy (non-hydrogen) atoms. The molecule has 0 aliphatic carbocycles. The Kier molecular flexibility index (Phi) is 59.3. The summed E-state index contributed by atoms with van der Waals surface area (Å²) in [5.74, 6) is -0.877. The predicted octanol–water partition coefficient (Wildman–Crippen LogP) is 21.5. The van der Waals surface area contributed by atoms with E-state index in [9.17, 15) is 14.4 Å². The van der Waals surface area contributed by atoms with Crippen molar-refractivity contribution in [3.05, 3.63) is 85.1 Å². The van der Waals surface area contributed by atoms with Crippen LogP contribution >= 0.6 is 0 Å². The Labute approximate surface area is 458 Å². The van der Waals surface area contributed by atoms with E-state index in [1.807, 2.05) is 0 Å². The number of hydrogen-bond acceptors (Lipinski definition) is 6. The van der Waals surface area contributed by atoms with Crippen molar-refractivity contribution in [2.45, 2.75) is 316 Å². The third kappa shape index (κ3) is 59.5. The van der Waals surface area contributed by atoms with Gasteiger partial charge in [0.05, 0.1) is 0 Å². The SMILES string of the molecule is CC/C=C\C/C=C\C/C=C\C/C=C\C/C=C\C/C=C\CCCCCCCCCCCCCCCCCCC(=O)OCC(COC(=O)CCCCCCCCCCC)OC(=O)CCCCCCC/C=C\CCCCC. The van der Waals surface area contributed by atoms with Crippen molar-refractivity contribution >= 4 is 17.9 Å². The van der Waals surface area contributed by atoms with Crippen LogP contribution in [0.2, 0.25) is 0 Å². The maximum absolute atomic E-state index is 12.8. The largest absolute Gasteiger partial charge is 0.462 e. The maximum Gasteiger partial charge on any atom is 0.306 e. The summed E-state index contributed by atoms with van der Waals surface area (Å²) in [6, 6.07) is 0. The first-order valence-electron chi connectivity index (χ1n) is 31.6. The zero-order valence-corrected chi connectivity index (χ0v) is 48.8. The van der Waals surface area contributed by atoms with Gasteiger partial charge < -0.3 is 14.2 Å². The molecule has 0 aliphatic rings. The number of esters is 3. The Morgan fingerprint density at radius 3 is 0.865 bits per heavy atom. The number of carbonyl (C=O) groups is 3. The molecule has 0 aromatic carbocycles. The van der Waals surface area contributed by atoms with Crippen molar-refractivity contribution in [2.75, 3.05) is 13.2 Å². The van der Waals surface area contributed by atoms with Crippen LogP contribution in [0.4, 0.5) is 0 Å². The summed E-state index contributed by atoms with van der Waals surface area (Å²) in [6.07, 6.45) is 81.9. The fourth-order valence-electron chi connectivity index (χ4n) is 8.91. The summed E-state index contributed by atoms with van der Waals surface area (Å²) >= 11 is 0. The zero-order chi connectivity index (χ0) is 53.6. The summed E-state index contributed by atoms with van der Waals surface area (Å²) < 4.78 is 16.8. The second kappa shape index (κ2) is 62.1. The summed E-state index contributed by atoms with van der Waals surface area (Å²) in [5.41, 5.74) is 0. The molecule has 0 bridgehead atoms. The normalized spacial score (nSPS) is 12.6. The summed E-state index contributed by atoms with van der Waals surface area (Å²) in [4.78, 5) is 38.0. The van der Waals surface area contributed by atoms with Gasteiger partial charge in [0, 0.05) is 19.3 Å². The molecule has 0 amide bonds. The second-order valence-corrected chi connectivity index (χ2v) is 20.9. The van der Waals surface area contributed by atoms with Crippen LogP contribution < -0.4 is 0 Å². The lowest BCUT2D eigenvalue weighted by Gasteiger charge is -2.18. The molecular formula is C68H118O6. The van der Waals surface area contributed by atoms with Gasteiger partial charge >= 0.3 is 17.9 Å². The number of unbranched alkanes of at least 4 members (excludes halogenated alkanes) is 32. The van der Waals surface area contributed by atoms with Crippen LogP contribution in [0.1, 0.15) is 310 Å². The highest BCUT2D eigenvalue weighted by Gasteiger charge is 2.19. The molecule has 6 heteroatoms. The van der Waals surface area contributed by atoms with E-state index in [2.05, 4.69) is 106 Å². The Morgan fingerprint density at radius 1 is 0.284 bits per heavy atom. The highest BCUT2D eigenvalue weighted by atomic mass is 16.6. The Balaban J connectivity index is 4.01. The summed E-state index contributed by atoms with van der Waals surface area (Å²) in [7, 11) is 0. The molecule has 0 spiro atoms. The van der Waals surface area contributed by atoms with Crippen LogP contribution in [0.3, 0.4) is 0 Å². The van der Waals surface area contributed by atoms with Gasteiger partial charge in [0.2, 0.25) is 0 Å². The fourth-order valence-corrected chi connectivity index (χ4v) is 8.91. The first-order valence-corrected chi connectivity index (χ1v) is 31.6. The van der Waals surface area contributed by atoms with Gasteiger partial charge in [0.15, 0.2) is 6.10 Å².